The number of hydrogen-bond donors (Lipinski definition) is 1. The molecule has 6 heteroatoms. The number of carbonyl (C=O) groups is 1. The number of amides is 1. The van der Waals surface area contributed by atoms with Crippen molar-refractivity contribution in [1.82, 2.24) is 19.9 Å². The second kappa shape index (κ2) is 6.73. The van der Waals surface area contributed by atoms with E-state index in [9.17, 15) is 4.79 Å². The molecule has 1 amide bonds. The zero-order chi connectivity index (χ0) is 16.2. The van der Waals surface area contributed by atoms with Gasteiger partial charge >= 0.3 is 0 Å². The van der Waals surface area contributed by atoms with Gasteiger partial charge in [0.05, 0.1) is 0 Å². The lowest BCUT2D eigenvalue weighted by molar-refractivity contribution is -0.130. The number of pyridine rings is 1. The lowest BCUT2D eigenvalue weighted by Gasteiger charge is -2.32. The number of hydrogen-bond acceptors (Lipinski definition) is 5. The van der Waals surface area contributed by atoms with Crippen molar-refractivity contribution < 1.29 is 4.79 Å². The topological polar surface area (TPSA) is 71.0 Å². The molecule has 6 nitrogen and oxygen atoms in total. The molecule has 0 spiro atoms. The number of nitrogens with one attached hydrogen (secondary N) is 1. The maximum absolute atomic E-state index is 11.6. The highest BCUT2D eigenvalue weighted by Crippen LogP contribution is 2.28. The van der Waals surface area contributed by atoms with E-state index in [2.05, 4.69) is 20.3 Å². The molecule has 0 unspecified atom stereocenters. The molecule has 0 bridgehead atoms. The molecule has 2 aromatic heterocycles. The van der Waals surface area contributed by atoms with Crippen LogP contribution in [0.25, 0.3) is 0 Å². The van der Waals surface area contributed by atoms with Crippen molar-refractivity contribution in [2.45, 2.75) is 32.6 Å². The van der Waals surface area contributed by atoms with Crippen molar-refractivity contribution >= 4 is 17.5 Å². The molecule has 0 radical (unpaired) electrons. The Morgan fingerprint density at radius 1 is 1.30 bits per heavy atom. The fourth-order valence-corrected chi connectivity index (χ4v) is 2.97. The van der Waals surface area contributed by atoms with Crippen LogP contribution in [0.1, 0.15) is 37.1 Å². The first-order valence-electron chi connectivity index (χ1n) is 7.90. The van der Waals surface area contributed by atoms with Crippen LogP contribution in [0.2, 0.25) is 0 Å². The van der Waals surface area contributed by atoms with Crippen LogP contribution in [0.5, 0.6) is 0 Å². The average molecular weight is 311 g/mol. The first kappa shape index (κ1) is 15.4. The molecule has 23 heavy (non-hydrogen) atoms. The second-order valence-electron chi connectivity index (χ2n) is 5.92. The molecule has 1 fully saturated rings. The highest BCUT2D eigenvalue weighted by atomic mass is 16.2. The highest BCUT2D eigenvalue weighted by molar-refractivity contribution is 5.73. The van der Waals surface area contributed by atoms with Gasteiger partial charge in [0.1, 0.15) is 0 Å². The minimum Gasteiger partial charge on any atom is -0.342 e. The van der Waals surface area contributed by atoms with E-state index in [1.54, 1.807) is 25.4 Å². The molecular weight excluding hydrogens is 290 g/mol. The summed E-state index contributed by atoms with van der Waals surface area (Å²) in [7, 11) is 0. The van der Waals surface area contributed by atoms with Crippen LogP contribution in [0.15, 0.2) is 30.6 Å². The lowest BCUT2D eigenvalue weighted by atomic mass is 9.94. The summed E-state index contributed by atoms with van der Waals surface area (Å²) in [6.45, 7) is 5.20. The standard InChI is InChI=1S/C17H21N5O/c1-12-9-15(21-17-18-6-4-7-19-17)10-16(20-12)14-5-3-8-22(11-14)13(2)23/h4,6-7,9-10,14H,3,5,8,11H2,1-2H3,(H,18,19,20,21)/t14-/m0/s1. The van der Waals surface area contributed by atoms with E-state index in [1.165, 1.54) is 0 Å². The molecular formula is C17H21N5O. The molecule has 0 aromatic carbocycles. The van der Waals surface area contributed by atoms with Crippen LogP contribution < -0.4 is 5.32 Å². The van der Waals surface area contributed by atoms with E-state index in [4.69, 9.17) is 0 Å². The Kier molecular flexibility index (Phi) is 4.50. The van der Waals surface area contributed by atoms with Gasteiger partial charge in [-0.1, -0.05) is 0 Å². The Morgan fingerprint density at radius 2 is 2.09 bits per heavy atom. The fourth-order valence-electron chi connectivity index (χ4n) is 2.97. The van der Waals surface area contributed by atoms with E-state index < -0.39 is 0 Å². The molecule has 0 aliphatic carbocycles. The third-order valence-corrected chi connectivity index (χ3v) is 4.08. The summed E-state index contributed by atoms with van der Waals surface area (Å²) in [6, 6.07) is 5.80. The van der Waals surface area contributed by atoms with Gasteiger partial charge in [-0.25, -0.2) is 9.97 Å². The summed E-state index contributed by atoms with van der Waals surface area (Å²) in [5.74, 6) is 0.987. The van der Waals surface area contributed by atoms with Crippen molar-refractivity contribution in [3.63, 3.8) is 0 Å². The molecule has 1 aliphatic rings. The quantitative estimate of drug-likeness (QED) is 0.943. The monoisotopic (exact) mass is 311 g/mol. The number of likely N-dealkylation sites (tertiary alicyclic amines) is 1. The van der Waals surface area contributed by atoms with Gasteiger partial charge in [-0.05, 0) is 38.0 Å². The number of rotatable bonds is 3. The summed E-state index contributed by atoms with van der Waals surface area (Å²) in [6.07, 6.45) is 5.48. The minimum absolute atomic E-state index is 0.137. The molecule has 120 valence electrons. The van der Waals surface area contributed by atoms with Gasteiger partial charge in [0.15, 0.2) is 0 Å². The van der Waals surface area contributed by atoms with E-state index in [1.807, 2.05) is 24.0 Å². The summed E-state index contributed by atoms with van der Waals surface area (Å²) < 4.78 is 0. The van der Waals surface area contributed by atoms with Gasteiger partial charge in [0, 0.05) is 55.4 Å². The lowest BCUT2D eigenvalue weighted by Crippen LogP contribution is -2.37. The second-order valence-corrected chi connectivity index (χ2v) is 5.92. The molecule has 2 aromatic rings. The number of aromatic nitrogens is 3. The van der Waals surface area contributed by atoms with Gasteiger partial charge in [-0.2, -0.15) is 0 Å². The largest absolute Gasteiger partial charge is 0.342 e. The van der Waals surface area contributed by atoms with Crippen LogP contribution >= 0.6 is 0 Å². The molecule has 3 heterocycles. The first-order chi connectivity index (χ1) is 11.1. The predicted molar refractivity (Wildman–Crippen MR) is 88.5 cm³/mol. The van der Waals surface area contributed by atoms with Gasteiger partial charge < -0.3 is 10.2 Å². The zero-order valence-corrected chi connectivity index (χ0v) is 13.5. The van der Waals surface area contributed by atoms with Gasteiger partial charge in [0.25, 0.3) is 0 Å². The molecule has 1 aliphatic heterocycles. The number of aryl methyl sites for hydroxylation is 1. The molecule has 1 atom stereocenters. The number of piperidine rings is 1. The maximum atomic E-state index is 11.6. The van der Waals surface area contributed by atoms with E-state index in [0.29, 0.717) is 5.95 Å². The van der Waals surface area contributed by atoms with Crippen LogP contribution in [-0.4, -0.2) is 38.8 Å². The van der Waals surface area contributed by atoms with Crippen molar-refractivity contribution in [3.8, 4) is 0 Å². The van der Waals surface area contributed by atoms with E-state index >= 15 is 0 Å². The minimum atomic E-state index is 0.137. The number of carbonyl (C=O) groups excluding carboxylic acids is 1. The molecule has 1 saturated heterocycles. The van der Waals surface area contributed by atoms with Crippen LogP contribution in [0.4, 0.5) is 11.6 Å². The smallest absolute Gasteiger partial charge is 0.227 e. The Labute approximate surface area is 136 Å². The Balaban J connectivity index is 1.81. The molecule has 0 saturated carbocycles. The van der Waals surface area contributed by atoms with Crippen LogP contribution in [-0.2, 0) is 4.79 Å². The van der Waals surface area contributed by atoms with Crippen molar-refractivity contribution in [3.05, 3.63) is 42.0 Å². The van der Waals surface area contributed by atoms with E-state index in [-0.39, 0.29) is 11.8 Å². The Morgan fingerprint density at radius 3 is 2.83 bits per heavy atom. The van der Waals surface area contributed by atoms with Crippen molar-refractivity contribution in [2.75, 3.05) is 18.4 Å². The number of anilines is 2. The number of nitrogens with zero attached hydrogens (tertiary/aromatic N) is 4. The third-order valence-electron chi connectivity index (χ3n) is 4.08. The summed E-state index contributed by atoms with van der Waals surface area (Å²) in [5, 5.41) is 3.22. The predicted octanol–water partition coefficient (Wildman–Crippen LogP) is 2.65. The molecule has 1 N–H and O–H groups in total. The summed E-state index contributed by atoms with van der Waals surface area (Å²) >= 11 is 0. The fraction of sp³-hybridized carbons (Fsp3) is 0.412. The first-order valence-corrected chi connectivity index (χ1v) is 7.90. The Hall–Kier alpha value is -2.50. The normalized spacial score (nSPS) is 17.8. The van der Waals surface area contributed by atoms with Crippen molar-refractivity contribution in [2.24, 2.45) is 0 Å². The van der Waals surface area contributed by atoms with Gasteiger partial charge in [-0.3, -0.25) is 9.78 Å². The maximum Gasteiger partial charge on any atom is 0.227 e. The van der Waals surface area contributed by atoms with Crippen LogP contribution in [0, 0.1) is 6.92 Å². The molecule has 3 rings (SSSR count). The third kappa shape index (κ3) is 3.83. The zero-order valence-electron chi connectivity index (χ0n) is 13.5. The summed E-state index contributed by atoms with van der Waals surface area (Å²) in [4.78, 5) is 26.6. The highest BCUT2D eigenvalue weighted by Gasteiger charge is 2.24. The van der Waals surface area contributed by atoms with Crippen LogP contribution in [0.3, 0.4) is 0 Å². The van der Waals surface area contributed by atoms with Gasteiger partial charge in [0.2, 0.25) is 11.9 Å². The van der Waals surface area contributed by atoms with Gasteiger partial charge in [-0.15, -0.1) is 0 Å². The van der Waals surface area contributed by atoms with E-state index in [0.717, 1.165) is 43.0 Å². The summed E-state index contributed by atoms with van der Waals surface area (Å²) in [5.41, 5.74) is 2.90. The Bertz CT molecular complexity index is 689. The SMILES string of the molecule is CC(=O)N1CCC[C@H](c2cc(Nc3ncccn3)cc(C)n2)C1. The van der Waals surface area contributed by atoms with Crippen molar-refractivity contribution in [1.29, 1.82) is 0 Å². The average Bonchev–Trinajstić information content (AvgIpc) is 2.55.